The zero-order valence-corrected chi connectivity index (χ0v) is 19.7. The first-order valence-electron chi connectivity index (χ1n) is 10.00. The van der Waals surface area contributed by atoms with Gasteiger partial charge in [-0.15, -0.1) is 11.3 Å². The second-order valence-corrected chi connectivity index (χ2v) is 11.2. The van der Waals surface area contributed by atoms with E-state index in [0.717, 1.165) is 26.7 Å². The third-order valence-corrected chi connectivity index (χ3v) is 9.05. The third-order valence-electron chi connectivity index (χ3n) is 5.15. The summed E-state index contributed by atoms with van der Waals surface area (Å²) in [7, 11) is -3.85. The van der Waals surface area contributed by atoms with E-state index in [0.29, 0.717) is 31.6 Å². The molecule has 9 nitrogen and oxygen atoms in total. The molecule has 2 aromatic heterocycles. The fourth-order valence-electron chi connectivity index (χ4n) is 3.45. The van der Waals surface area contributed by atoms with Gasteiger partial charge in [-0.25, -0.2) is 18.2 Å². The molecule has 12 heteroatoms. The lowest BCUT2D eigenvalue weighted by atomic mass is 9.97. The van der Waals surface area contributed by atoms with Gasteiger partial charge < -0.3 is 15.4 Å². The van der Waals surface area contributed by atoms with E-state index in [4.69, 9.17) is 10.5 Å². The van der Waals surface area contributed by atoms with E-state index < -0.39 is 16.0 Å². The highest BCUT2D eigenvalue weighted by atomic mass is 32.2. The number of rotatable bonds is 7. The Bertz CT molecular complexity index is 1260. The lowest BCUT2D eigenvalue weighted by Gasteiger charge is -2.30. The number of carbonyl (C=O) groups is 2. The first kappa shape index (κ1) is 22.5. The highest BCUT2D eigenvalue weighted by Gasteiger charge is 2.25. The van der Waals surface area contributed by atoms with E-state index in [1.165, 1.54) is 22.8 Å². The van der Waals surface area contributed by atoms with Gasteiger partial charge in [-0.1, -0.05) is 11.3 Å². The predicted molar refractivity (Wildman–Crippen MR) is 125 cm³/mol. The molecule has 0 radical (unpaired) electrons. The van der Waals surface area contributed by atoms with Crippen LogP contribution in [0.5, 0.6) is 0 Å². The summed E-state index contributed by atoms with van der Waals surface area (Å²) in [5.41, 5.74) is 6.79. The number of primary amides is 1. The first-order chi connectivity index (χ1) is 15.3. The van der Waals surface area contributed by atoms with Crippen LogP contribution in [0.25, 0.3) is 10.2 Å². The van der Waals surface area contributed by atoms with Crippen LogP contribution < -0.4 is 15.4 Å². The van der Waals surface area contributed by atoms with Crippen LogP contribution in [0.15, 0.2) is 33.9 Å². The Hall–Kier alpha value is -2.70. The van der Waals surface area contributed by atoms with E-state index >= 15 is 0 Å². The number of sulfonamides is 1. The Kier molecular flexibility index (Phi) is 6.35. The van der Waals surface area contributed by atoms with E-state index in [-0.39, 0.29) is 28.2 Å². The SMILES string of the molecule is CCOC(=O)c1csc(S(=O)(=O)Nc2ccc3nc(N4CCC(C(N)=O)CC4)sc3c2)c1. The van der Waals surface area contributed by atoms with Crippen LogP contribution in [-0.4, -0.2) is 45.0 Å². The highest BCUT2D eigenvalue weighted by Crippen LogP contribution is 2.33. The van der Waals surface area contributed by atoms with Crippen LogP contribution in [0.4, 0.5) is 10.8 Å². The number of thiophene rings is 1. The molecule has 4 rings (SSSR count). The summed E-state index contributed by atoms with van der Waals surface area (Å²) < 4.78 is 33.9. The van der Waals surface area contributed by atoms with Crippen molar-refractivity contribution < 1.29 is 22.7 Å². The first-order valence-corrected chi connectivity index (χ1v) is 13.2. The predicted octanol–water partition coefficient (Wildman–Crippen LogP) is 3.04. The lowest BCUT2D eigenvalue weighted by molar-refractivity contribution is -0.122. The molecule has 3 aromatic rings. The number of hydrogen-bond acceptors (Lipinski definition) is 9. The number of hydrogen-bond donors (Lipinski definition) is 2. The monoisotopic (exact) mass is 494 g/mol. The number of nitrogens with zero attached hydrogens (tertiary/aromatic N) is 2. The molecule has 0 spiro atoms. The van der Waals surface area contributed by atoms with Crippen molar-refractivity contribution in [3.8, 4) is 0 Å². The van der Waals surface area contributed by atoms with E-state index in [1.807, 2.05) is 0 Å². The molecule has 1 fully saturated rings. The second kappa shape index (κ2) is 9.04. The Morgan fingerprint density at radius 1 is 1.28 bits per heavy atom. The molecule has 0 unspecified atom stereocenters. The third kappa shape index (κ3) is 4.71. The molecule has 1 saturated heterocycles. The van der Waals surface area contributed by atoms with Crippen molar-refractivity contribution in [3.63, 3.8) is 0 Å². The second-order valence-electron chi connectivity index (χ2n) is 7.32. The number of nitrogens with two attached hydrogens (primary N) is 1. The highest BCUT2D eigenvalue weighted by molar-refractivity contribution is 7.94. The van der Waals surface area contributed by atoms with Gasteiger partial charge in [0.25, 0.3) is 10.0 Å². The van der Waals surface area contributed by atoms with E-state index in [1.54, 1.807) is 25.1 Å². The maximum absolute atomic E-state index is 12.8. The lowest BCUT2D eigenvalue weighted by Crippen LogP contribution is -2.38. The van der Waals surface area contributed by atoms with Crippen molar-refractivity contribution in [3.05, 3.63) is 35.2 Å². The van der Waals surface area contributed by atoms with Gasteiger partial charge in [0, 0.05) is 24.4 Å². The van der Waals surface area contributed by atoms with Crippen molar-refractivity contribution in [2.24, 2.45) is 11.7 Å². The number of amides is 1. The van der Waals surface area contributed by atoms with Crippen LogP contribution >= 0.6 is 22.7 Å². The summed E-state index contributed by atoms with van der Waals surface area (Å²) in [5, 5.41) is 2.30. The van der Waals surface area contributed by atoms with Crippen molar-refractivity contribution >= 4 is 65.6 Å². The van der Waals surface area contributed by atoms with Crippen molar-refractivity contribution in [2.45, 2.75) is 24.0 Å². The smallest absolute Gasteiger partial charge is 0.339 e. The van der Waals surface area contributed by atoms with Gasteiger partial charge in [-0.3, -0.25) is 9.52 Å². The number of fused-ring (bicyclic) bond motifs is 1. The van der Waals surface area contributed by atoms with Crippen LogP contribution in [0.2, 0.25) is 0 Å². The number of thiazole rings is 1. The average Bonchev–Trinajstić information content (AvgIpc) is 3.41. The van der Waals surface area contributed by atoms with E-state index in [9.17, 15) is 18.0 Å². The van der Waals surface area contributed by atoms with Crippen molar-refractivity contribution in [1.82, 2.24) is 4.98 Å². The number of benzene rings is 1. The molecule has 1 aromatic carbocycles. The summed E-state index contributed by atoms with van der Waals surface area (Å²) in [4.78, 5) is 29.9. The molecule has 0 saturated carbocycles. The Balaban J connectivity index is 1.49. The van der Waals surface area contributed by atoms with Gasteiger partial charge in [-0.05, 0) is 44.0 Å². The Morgan fingerprint density at radius 3 is 2.72 bits per heavy atom. The number of ether oxygens (including phenoxy) is 1. The largest absolute Gasteiger partial charge is 0.462 e. The summed E-state index contributed by atoms with van der Waals surface area (Å²) in [6, 6.07) is 6.47. The molecule has 170 valence electrons. The number of esters is 1. The maximum Gasteiger partial charge on any atom is 0.339 e. The zero-order valence-electron chi connectivity index (χ0n) is 17.2. The van der Waals surface area contributed by atoms with Crippen LogP contribution in [0.1, 0.15) is 30.1 Å². The fraction of sp³-hybridized carbons (Fsp3) is 0.350. The quantitative estimate of drug-likeness (QED) is 0.483. The summed E-state index contributed by atoms with van der Waals surface area (Å²) in [6.07, 6.45) is 1.40. The molecule has 0 aliphatic carbocycles. The number of piperidine rings is 1. The minimum Gasteiger partial charge on any atom is -0.462 e. The van der Waals surface area contributed by atoms with E-state index in [2.05, 4.69) is 14.6 Å². The number of anilines is 2. The molecule has 1 amide bonds. The molecule has 1 aliphatic rings. The number of aromatic nitrogens is 1. The molecular formula is C20H22N4O5S3. The number of carbonyl (C=O) groups excluding carboxylic acids is 2. The summed E-state index contributed by atoms with van der Waals surface area (Å²) in [5.74, 6) is -0.905. The van der Waals surface area contributed by atoms with Gasteiger partial charge in [0.2, 0.25) is 5.91 Å². The maximum atomic E-state index is 12.8. The average molecular weight is 495 g/mol. The van der Waals surface area contributed by atoms with Gasteiger partial charge >= 0.3 is 5.97 Å². The molecule has 32 heavy (non-hydrogen) atoms. The van der Waals surface area contributed by atoms with Gasteiger partial charge in [0.05, 0.1) is 28.1 Å². The molecular weight excluding hydrogens is 472 g/mol. The molecule has 1 aliphatic heterocycles. The van der Waals surface area contributed by atoms with Gasteiger partial charge in [0.15, 0.2) is 5.13 Å². The molecule has 0 bridgehead atoms. The molecule has 3 N–H and O–H groups in total. The zero-order chi connectivity index (χ0) is 22.9. The van der Waals surface area contributed by atoms with Crippen LogP contribution in [-0.2, 0) is 19.6 Å². The number of nitrogens with one attached hydrogen (secondary N) is 1. The summed E-state index contributed by atoms with van der Waals surface area (Å²) >= 11 is 2.43. The molecule has 3 heterocycles. The van der Waals surface area contributed by atoms with Crippen molar-refractivity contribution in [1.29, 1.82) is 0 Å². The Morgan fingerprint density at radius 2 is 2.03 bits per heavy atom. The van der Waals surface area contributed by atoms with Crippen LogP contribution in [0, 0.1) is 5.92 Å². The topological polar surface area (TPSA) is 132 Å². The summed E-state index contributed by atoms with van der Waals surface area (Å²) in [6.45, 7) is 3.31. The minimum atomic E-state index is -3.85. The van der Waals surface area contributed by atoms with Crippen molar-refractivity contribution in [2.75, 3.05) is 29.3 Å². The van der Waals surface area contributed by atoms with Gasteiger partial charge in [-0.2, -0.15) is 0 Å². The van der Waals surface area contributed by atoms with Gasteiger partial charge in [0.1, 0.15) is 4.21 Å². The van der Waals surface area contributed by atoms with Crippen LogP contribution in [0.3, 0.4) is 0 Å². The molecule has 0 atom stereocenters. The Labute approximate surface area is 193 Å². The minimum absolute atomic E-state index is 0.0305. The normalized spacial score (nSPS) is 15.1. The standard InChI is InChI=1S/C20H22N4O5S3/c1-2-29-19(26)13-9-17(30-11-13)32(27,28)23-14-3-4-15-16(10-14)31-20(22-15)24-7-5-12(6-8-24)18(21)25/h3-4,9-12,23H,2,5-8H2,1H3,(H2,21,25). The fourth-order valence-corrected chi connectivity index (χ4v) is 6.71.